The third-order valence-corrected chi connectivity index (χ3v) is 20.4. The Morgan fingerprint density at radius 3 is 1.64 bits per heavy atom. The minimum absolute atomic E-state index is 0.0114. The van der Waals surface area contributed by atoms with Crippen LogP contribution in [0.5, 0.6) is 11.5 Å². The summed E-state index contributed by atoms with van der Waals surface area (Å²) in [5.41, 5.74) is 27.0. The van der Waals surface area contributed by atoms with E-state index in [1.807, 2.05) is 11.3 Å². The lowest BCUT2D eigenvalue weighted by molar-refractivity contribution is 0.486. The van der Waals surface area contributed by atoms with E-state index in [1.165, 1.54) is 115 Å². The molecule has 0 saturated carbocycles. The maximum Gasteiger partial charge on any atom is 0.268 e. The first-order valence-electron chi connectivity index (χ1n) is 30.1. The summed E-state index contributed by atoms with van der Waals surface area (Å²) in [4.78, 5) is 5.24. The van der Waals surface area contributed by atoms with E-state index >= 15 is 0 Å². The van der Waals surface area contributed by atoms with Crippen molar-refractivity contribution in [2.45, 2.75) is 143 Å². The smallest absolute Gasteiger partial charge is 0.268 e. The topological polar surface area (TPSA) is 15.7 Å². The molecule has 0 unspecified atom stereocenters. The van der Waals surface area contributed by atoms with Gasteiger partial charge in [-0.25, -0.2) is 0 Å². The van der Waals surface area contributed by atoms with Crippen molar-refractivity contribution in [3.8, 4) is 44.9 Å². The molecule has 0 saturated heterocycles. The molecule has 10 aromatic rings. The Bertz CT molecular complexity index is 4280. The maximum atomic E-state index is 7.44. The summed E-state index contributed by atoms with van der Waals surface area (Å²) in [6, 6.07) is 68.2. The molecule has 0 N–H and O–H groups in total. The van der Waals surface area contributed by atoms with Gasteiger partial charge in [-0.3, -0.25) is 0 Å². The predicted octanol–water partition coefficient (Wildman–Crippen LogP) is 20.2. The van der Waals surface area contributed by atoms with Crippen LogP contribution in [-0.4, -0.2) is 6.71 Å². The number of rotatable bonds is 5. The summed E-state index contributed by atoms with van der Waals surface area (Å²) in [6.07, 6.45) is 0. The summed E-state index contributed by atoms with van der Waals surface area (Å²) < 4.78 is 10.1. The fourth-order valence-electron chi connectivity index (χ4n) is 14.4. The van der Waals surface area contributed by atoms with E-state index in [9.17, 15) is 0 Å². The number of hydrogen-bond acceptors (Lipinski definition) is 4. The van der Waals surface area contributed by atoms with Gasteiger partial charge < -0.3 is 14.5 Å². The molecule has 2 aliphatic carbocycles. The number of benzene rings is 9. The van der Waals surface area contributed by atoms with Crippen LogP contribution in [0.25, 0.3) is 43.5 Å². The first-order valence-corrected chi connectivity index (χ1v) is 30.9. The highest BCUT2D eigenvalue weighted by Crippen LogP contribution is 2.61. The first-order chi connectivity index (χ1) is 39.2. The van der Waals surface area contributed by atoms with Gasteiger partial charge in [0, 0.05) is 48.3 Å². The second-order valence-electron chi connectivity index (χ2n) is 29.4. The van der Waals surface area contributed by atoms with E-state index in [2.05, 4.69) is 297 Å². The van der Waals surface area contributed by atoms with Crippen LogP contribution in [0.3, 0.4) is 0 Å². The third-order valence-electron chi connectivity index (χ3n) is 19.1. The normalized spacial score (nSPS) is 15.2. The summed E-state index contributed by atoms with van der Waals surface area (Å²) in [7, 11) is 0. The van der Waals surface area contributed by atoms with Crippen molar-refractivity contribution in [3.63, 3.8) is 0 Å². The highest BCUT2D eigenvalue weighted by molar-refractivity contribution is 7.33. The predicted molar refractivity (Wildman–Crippen MR) is 358 cm³/mol. The Morgan fingerprint density at radius 1 is 0.458 bits per heavy atom. The summed E-state index contributed by atoms with van der Waals surface area (Å²) in [5, 5.41) is 1.29. The summed E-state index contributed by atoms with van der Waals surface area (Å²) in [5.74, 6) is 1.85. The first kappa shape index (κ1) is 53.4. The van der Waals surface area contributed by atoms with Gasteiger partial charge in [0.25, 0.3) is 6.71 Å². The van der Waals surface area contributed by atoms with Crippen molar-refractivity contribution in [1.29, 1.82) is 0 Å². The standard InChI is InChI=1S/C78H77BN2OS/c1-73(2,3)48-26-32-52(33-27-48)80(53-34-28-49(29-35-53)74(4,5)6)63-38-37-62(68-56-22-18-20-24-59(56)78(15,16)69(63)68)81-64-42-47(46-25-36-55-54-21-17-19-23-58(54)77(13,14)60(55)41-46)43-66-70(64)79(61-45-51(76(10,11)12)30-39-65(61)82-66)72-71(81)57-44-50(75(7,8)9)31-40-67(57)83-72/h17-45H,1-16H3. The molecule has 3 heterocycles. The zero-order valence-electron chi connectivity index (χ0n) is 51.5. The number of thiophene rings is 1. The van der Waals surface area contributed by atoms with Crippen LogP contribution in [0.15, 0.2) is 176 Å². The van der Waals surface area contributed by atoms with Crippen LogP contribution in [0.4, 0.5) is 34.1 Å². The van der Waals surface area contributed by atoms with Crippen LogP contribution in [-0.2, 0) is 32.5 Å². The van der Waals surface area contributed by atoms with Gasteiger partial charge in [-0.05, 0) is 178 Å². The Morgan fingerprint density at radius 2 is 1.01 bits per heavy atom. The van der Waals surface area contributed by atoms with E-state index in [0.29, 0.717) is 0 Å². The largest absolute Gasteiger partial charge is 0.458 e. The second-order valence-corrected chi connectivity index (χ2v) is 30.5. The van der Waals surface area contributed by atoms with Crippen molar-refractivity contribution in [3.05, 3.63) is 220 Å². The fourth-order valence-corrected chi connectivity index (χ4v) is 15.7. The van der Waals surface area contributed by atoms with Gasteiger partial charge >= 0.3 is 0 Å². The quantitative estimate of drug-likeness (QED) is 0.160. The Kier molecular flexibility index (Phi) is 11.6. The number of nitrogens with zero attached hydrogens (tertiary/aromatic N) is 2. The van der Waals surface area contributed by atoms with Crippen molar-refractivity contribution < 1.29 is 4.74 Å². The average Bonchev–Trinajstić information content (AvgIpc) is 2.52. The highest BCUT2D eigenvalue weighted by Gasteiger charge is 2.48. The molecule has 0 spiro atoms. The van der Waals surface area contributed by atoms with Gasteiger partial charge in [0.1, 0.15) is 11.5 Å². The van der Waals surface area contributed by atoms with Crippen LogP contribution in [0.2, 0.25) is 0 Å². The van der Waals surface area contributed by atoms with Gasteiger partial charge in [-0.1, -0.05) is 214 Å². The Balaban J connectivity index is 1.09. The molecule has 4 aliphatic rings. The Hall–Kier alpha value is -7.60. The van der Waals surface area contributed by atoms with E-state index in [0.717, 1.165) is 34.1 Å². The number of anilines is 6. The minimum Gasteiger partial charge on any atom is -0.458 e. The molecule has 9 aromatic carbocycles. The van der Waals surface area contributed by atoms with Gasteiger partial charge in [-0.15, -0.1) is 11.3 Å². The number of hydrogen-bond donors (Lipinski definition) is 0. The molecule has 0 atom stereocenters. The highest BCUT2D eigenvalue weighted by atomic mass is 32.1. The van der Waals surface area contributed by atoms with Crippen LogP contribution in [0, 0.1) is 0 Å². The van der Waals surface area contributed by atoms with Gasteiger partial charge in [0.05, 0.1) is 17.1 Å². The van der Waals surface area contributed by atoms with Crippen molar-refractivity contribution in [1.82, 2.24) is 0 Å². The Labute approximate surface area is 498 Å². The average molecular weight is 1100 g/mol. The molecular weight excluding hydrogens is 1020 g/mol. The van der Waals surface area contributed by atoms with E-state index in [4.69, 9.17) is 4.74 Å². The SMILES string of the molecule is CC(C)(C)c1ccc(N(c2ccc(C(C)(C)C)cc2)c2ccc(N3c4cc(-c5ccc6c(c5)C(C)(C)c5ccccc5-6)cc5c4B(c4cc(C(C)(C)C)ccc4O5)c4sc5ccc(C(C)(C)C)cc5c43)c3c2C(C)(C)c2ccccc2-3)cc1. The summed E-state index contributed by atoms with van der Waals surface area (Å²) >= 11 is 1.96. The van der Waals surface area contributed by atoms with Crippen LogP contribution < -0.4 is 30.2 Å². The molecule has 0 bridgehead atoms. The number of fused-ring (bicyclic) bond motifs is 12. The monoisotopic (exact) mass is 1100 g/mol. The van der Waals surface area contributed by atoms with E-state index in [-0.39, 0.29) is 39.2 Å². The van der Waals surface area contributed by atoms with Crippen molar-refractivity contribution in [2.24, 2.45) is 0 Å². The maximum absolute atomic E-state index is 7.44. The second kappa shape index (κ2) is 18.0. The molecule has 14 rings (SSSR count). The zero-order chi connectivity index (χ0) is 58.2. The van der Waals surface area contributed by atoms with Gasteiger partial charge in [-0.2, -0.15) is 0 Å². The van der Waals surface area contributed by atoms with E-state index in [1.54, 1.807) is 0 Å². The van der Waals surface area contributed by atoms with Crippen LogP contribution >= 0.6 is 11.3 Å². The summed E-state index contributed by atoms with van der Waals surface area (Å²) in [6.45, 7) is 37.5. The zero-order valence-corrected chi connectivity index (χ0v) is 52.3. The molecule has 5 heteroatoms. The molecule has 0 amide bonds. The molecule has 3 nitrogen and oxygen atoms in total. The molecular formula is C78H77BN2OS. The van der Waals surface area contributed by atoms with Crippen molar-refractivity contribution in [2.75, 3.05) is 9.80 Å². The molecule has 83 heavy (non-hydrogen) atoms. The molecule has 0 fully saturated rings. The lowest BCUT2D eigenvalue weighted by Crippen LogP contribution is -2.58. The third kappa shape index (κ3) is 8.18. The van der Waals surface area contributed by atoms with Crippen LogP contribution in [0.1, 0.15) is 155 Å². The van der Waals surface area contributed by atoms with Crippen molar-refractivity contribution >= 4 is 78.0 Å². The van der Waals surface area contributed by atoms with Gasteiger partial charge in [0.2, 0.25) is 0 Å². The lowest BCUT2D eigenvalue weighted by atomic mass is 9.36. The fraction of sp³-hybridized carbons (Fsp3) is 0.282. The molecule has 1 aromatic heterocycles. The molecule has 0 radical (unpaired) electrons. The number of ether oxygens (including phenoxy) is 1. The molecule has 414 valence electrons. The lowest BCUT2D eigenvalue weighted by Gasteiger charge is -2.41. The van der Waals surface area contributed by atoms with E-state index < -0.39 is 0 Å². The van der Waals surface area contributed by atoms with Gasteiger partial charge in [0.15, 0.2) is 0 Å². The minimum atomic E-state index is -0.384. The molecule has 2 aliphatic heterocycles.